The first-order valence-electron chi connectivity index (χ1n) is 6.57. The minimum atomic E-state index is 0.471. The van der Waals surface area contributed by atoms with Crippen molar-refractivity contribution in [1.82, 2.24) is 0 Å². The fourth-order valence-corrected chi connectivity index (χ4v) is 2.18. The largest absolute Gasteiger partial charge is 0.0649 e. The topological polar surface area (TPSA) is 0 Å². The van der Waals surface area contributed by atoms with Crippen LogP contribution >= 0.6 is 0 Å². The van der Waals surface area contributed by atoms with Gasteiger partial charge in [-0.3, -0.25) is 0 Å². The van der Waals surface area contributed by atoms with E-state index in [0.29, 0.717) is 10.8 Å². The molecule has 0 rings (SSSR count). The van der Waals surface area contributed by atoms with Crippen molar-refractivity contribution in [3.05, 3.63) is 0 Å². The minimum Gasteiger partial charge on any atom is -0.0649 e. The molecule has 0 aliphatic carbocycles. The van der Waals surface area contributed by atoms with Crippen molar-refractivity contribution in [2.24, 2.45) is 22.7 Å². The number of hydrogen-bond acceptors (Lipinski definition) is 0. The summed E-state index contributed by atoms with van der Waals surface area (Å²) in [6.07, 6.45) is 4.02. The van der Waals surface area contributed by atoms with Gasteiger partial charge in [-0.25, -0.2) is 0 Å². The van der Waals surface area contributed by atoms with Crippen LogP contribution in [0.1, 0.15) is 74.7 Å². The summed E-state index contributed by atoms with van der Waals surface area (Å²) in [5, 5.41) is 0. The summed E-state index contributed by atoms with van der Waals surface area (Å²) in [5.41, 5.74) is 0.985. The SMILES string of the molecule is CCC(C)(C)CC(CC(C)(C)C)C(C)C. The van der Waals surface area contributed by atoms with Crippen LogP contribution in [0.25, 0.3) is 0 Å². The molecule has 0 N–H and O–H groups in total. The van der Waals surface area contributed by atoms with Crippen LogP contribution in [0.3, 0.4) is 0 Å². The van der Waals surface area contributed by atoms with E-state index in [9.17, 15) is 0 Å². The highest BCUT2D eigenvalue weighted by Gasteiger charge is 2.27. The molecule has 15 heavy (non-hydrogen) atoms. The van der Waals surface area contributed by atoms with E-state index >= 15 is 0 Å². The van der Waals surface area contributed by atoms with Crippen molar-refractivity contribution in [2.45, 2.75) is 74.7 Å². The summed E-state index contributed by atoms with van der Waals surface area (Å²) >= 11 is 0. The molecule has 0 saturated carbocycles. The van der Waals surface area contributed by atoms with Crippen LogP contribution in [0.4, 0.5) is 0 Å². The molecule has 0 bridgehead atoms. The van der Waals surface area contributed by atoms with Crippen molar-refractivity contribution in [2.75, 3.05) is 0 Å². The van der Waals surface area contributed by atoms with Gasteiger partial charge in [0.2, 0.25) is 0 Å². The van der Waals surface area contributed by atoms with Crippen molar-refractivity contribution in [3.63, 3.8) is 0 Å². The molecule has 0 fully saturated rings. The predicted molar refractivity (Wildman–Crippen MR) is 71.1 cm³/mol. The Morgan fingerprint density at radius 1 is 0.867 bits per heavy atom. The minimum absolute atomic E-state index is 0.471. The Kier molecular flexibility index (Phi) is 5.37. The van der Waals surface area contributed by atoms with Crippen LogP contribution in [-0.2, 0) is 0 Å². The maximum Gasteiger partial charge on any atom is -0.0354 e. The Bertz CT molecular complexity index is 169. The summed E-state index contributed by atoms with van der Waals surface area (Å²) in [7, 11) is 0. The van der Waals surface area contributed by atoms with E-state index in [1.807, 2.05) is 0 Å². The van der Waals surface area contributed by atoms with Gasteiger partial charge in [0, 0.05) is 0 Å². The van der Waals surface area contributed by atoms with Crippen LogP contribution in [0.2, 0.25) is 0 Å². The van der Waals surface area contributed by atoms with E-state index in [1.165, 1.54) is 19.3 Å². The molecule has 0 spiro atoms. The molecule has 0 heterocycles. The summed E-state index contributed by atoms with van der Waals surface area (Å²) in [6, 6.07) is 0. The molecular weight excluding hydrogens is 180 g/mol. The van der Waals surface area contributed by atoms with Crippen LogP contribution in [0, 0.1) is 22.7 Å². The average molecular weight is 212 g/mol. The zero-order valence-corrected chi connectivity index (χ0v) is 12.3. The Hall–Kier alpha value is 0. The summed E-state index contributed by atoms with van der Waals surface area (Å²) in [6.45, 7) is 19.0. The average Bonchev–Trinajstić information content (AvgIpc) is 2.00. The van der Waals surface area contributed by atoms with Crippen molar-refractivity contribution < 1.29 is 0 Å². The molecule has 0 heteroatoms. The standard InChI is InChI=1S/C15H32/c1-9-15(7,8)11-13(12(2)3)10-14(4,5)6/h12-13H,9-11H2,1-8H3. The van der Waals surface area contributed by atoms with Crippen molar-refractivity contribution in [3.8, 4) is 0 Å². The van der Waals surface area contributed by atoms with Crippen LogP contribution in [-0.4, -0.2) is 0 Å². The fourth-order valence-electron chi connectivity index (χ4n) is 2.18. The third kappa shape index (κ3) is 6.98. The molecular formula is C15H32. The molecule has 1 unspecified atom stereocenters. The molecule has 0 nitrogen and oxygen atoms in total. The molecule has 0 saturated heterocycles. The molecule has 0 aliphatic rings. The van der Waals surface area contributed by atoms with Gasteiger partial charge in [0.15, 0.2) is 0 Å². The van der Waals surface area contributed by atoms with Gasteiger partial charge in [-0.15, -0.1) is 0 Å². The summed E-state index contributed by atoms with van der Waals surface area (Å²) in [4.78, 5) is 0. The Morgan fingerprint density at radius 2 is 1.33 bits per heavy atom. The van der Waals surface area contributed by atoms with Crippen molar-refractivity contribution in [1.29, 1.82) is 0 Å². The highest BCUT2D eigenvalue weighted by atomic mass is 14.3. The summed E-state index contributed by atoms with van der Waals surface area (Å²) < 4.78 is 0. The van der Waals surface area contributed by atoms with Crippen LogP contribution in [0.15, 0.2) is 0 Å². The van der Waals surface area contributed by atoms with Gasteiger partial charge in [0.05, 0.1) is 0 Å². The van der Waals surface area contributed by atoms with Crippen molar-refractivity contribution >= 4 is 0 Å². The number of hydrogen-bond donors (Lipinski definition) is 0. The first-order valence-corrected chi connectivity index (χ1v) is 6.57. The van der Waals surface area contributed by atoms with Gasteiger partial charge in [-0.1, -0.05) is 61.8 Å². The molecule has 0 aromatic heterocycles. The highest BCUT2D eigenvalue weighted by Crippen LogP contribution is 2.38. The van der Waals surface area contributed by atoms with Crippen LogP contribution < -0.4 is 0 Å². The van der Waals surface area contributed by atoms with E-state index in [1.54, 1.807) is 0 Å². The Balaban J connectivity index is 4.42. The molecule has 92 valence electrons. The van der Waals surface area contributed by atoms with E-state index in [0.717, 1.165) is 11.8 Å². The zero-order valence-electron chi connectivity index (χ0n) is 12.3. The predicted octanol–water partition coefficient (Wildman–Crippen LogP) is 5.52. The van der Waals surface area contributed by atoms with Gasteiger partial charge in [0.25, 0.3) is 0 Å². The second kappa shape index (κ2) is 5.37. The molecule has 0 aliphatic heterocycles. The normalized spacial score (nSPS) is 15.8. The van der Waals surface area contributed by atoms with Gasteiger partial charge in [-0.2, -0.15) is 0 Å². The lowest BCUT2D eigenvalue weighted by atomic mass is 9.71. The van der Waals surface area contributed by atoms with E-state index in [-0.39, 0.29) is 0 Å². The van der Waals surface area contributed by atoms with Gasteiger partial charge < -0.3 is 0 Å². The second-order valence-corrected chi connectivity index (χ2v) is 7.49. The first-order chi connectivity index (χ1) is 6.57. The third-order valence-electron chi connectivity index (χ3n) is 3.59. The molecule has 1 atom stereocenters. The maximum absolute atomic E-state index is 2.41. The lowest BCUT2D eigenvalue weighted by Gasteiger charge is -2.35. The Morgan fingerprint density at radius 3 is 1.60 bits per heavy atom. The molecule has 0 aromatic carbocycles. The fraction of sp³-hybridized carbons (Fsp3) is 1.00. The first kappa shape index (κ1) is 15.0. The lowest BCUT2D eigenvalue weighted by molar-refractivity contribution is 0.163. The number of rotatable bonds is 5. The quantitative estimate of drug-likeness (QED) is 0.563. The van der Waals surface area contributed by atoms with Gasteiger partial charge in [-0.05, 0) is 35.5 Å². The van der Waals surface area contributed by atoms with Gasteiger partial charge in [0.1, 0.15) is 0 Å². The molecule has 0 amide bonds. The Labute approximate surface area is 97.8 Å². The highest BCUT2D eigenvalue weighted by molar-refractivity contribution is 4.78. The monoisotopic (exact) mass is 212 g/mol. The van der Waals surface area contributed by atoms with E-state index in [2.05, 4.69) is 55.4 Å². The van der Waals surface area contributed by atoms with E-state index < -0.39 is 0 Å². The second-order valence-electron chi connectivity index (χ2n) is 7.49. The van der Waals surface area contributed by atoms with Crippen LogP contribution in [0.5, 0.6) is 0 Å². The smallest absolute Gasteiger partial charge is 0.0354 e. The van der Waals surface area contributed by atoms with Gasteiger partial charge >= 0.3 is 0 Å². The maximum atomic E-state index is 2.41. The molecule has 0 radical (unpaired) electrons. The third-order valence-corrected chi connectivity index (χ3v) is 3.59. The lowest BCUT2D eigenvalue weighted by Crippen LogP contribution is -2.24. The van der Waals surface area contributed by atoms with E-state index in [4.69, 9.17) is 0 Å². The summed E-state index contributed by atoms with van der Waals surface area (Å²) in [5.74, 6) is 1.69. The molecule has 0 aromatic rings. The zero-order chi connectivity index (χ0) is 12.3.